The maximum absolute atomic E-state index is 12.7. The molecule has 3 rings (SSSR count). The van der Waals surface area contributed by atoms with E-state index in [9.17, 15) is 13.5 Å². The highest BCUT2D eigenvalue weighted by Crippen LogP contribution is 2.48. The fraction of sp³-hybridized carbons (Fsp3) is 0.625. The number of benzene rings is 1. The minimum Gasteiger partial charge on any atom is -0.396 e. The third-order valence-electron chi connectivity index (χ3n) is 5.21. The number of fused-ring (bicyclic) bond motifs is 2. The smallest absolute Gasteiger partial charge is 0.241 e. The normalized spacial score (nSPS) is 31.8. The van der Waals surface area contributed by atoms with Gasteiger partial charge in [0.05, 0.1) is 4.90 Å². The number of hydrogen-bond donors (Lipinski definition) is 2. The molecule has 1 aromatic rings. The molecule has 0 heterocycles. The van der Waals surface area contributed by atoms with Crippen LogP contribution in [0.15, 0.2) is 23.1 Å². The highest BCUT2D eigenvalue weighted by molar-refractivity contribution is 7.89. The van der Waals surface area contributed by atoms with Crippen molar-refractivity contribution >= 4 is 10.0 Å². The predicted molar refractivity (Wildman–Crippen MR) is 81.4 cm³/mol. The lowest BCUT2D eigenvalue weighted by Crippen LogP contribution is -2.45. The molecule has 21 heavy (non-hydrogen) atoms. The molecule has 5 heteroatoms. The van der Waals surface area contributed by atoms with E-state index < -0.39 is 10.0 Å². The van der Waals surface area contributed by atoms with E-state index in [1.807, 2.05) is 26.0 Å². The Morgan fingerprint density at radius 1 is 1.24 bits per heavy atom. The molecule has 0 saturated heterocycles. The van der Waals surface area contributed by atoms with Crippen LogP contribution in [0.25, 0.3) is 0 Å². The average molecular weight is 309 g/mol. The molecule has 2 bridgehead atoms. The van der Waals surface area contributed by atoms with Gasteiger partial charge in [-0.25, -0.2) is 13.1 Å². The van der Waals surface area contributed by atoms with Crippen LogP contribution in [-0.2, 0) is 10.0 Å². The molecule has 4 atom stereocenters. The molecule has 0 aliphatic heterocycles. The fourth-order valence-electron chi connectivity index (χ4n) is 4.20. The van der Waals surface area contributed by atoms with E-state index in [1.165, 1.54) is 0 Å². The molecular weight excluding hydrogens is 286 g/mol. The van der Waals surface area contributed by atoms with Crippen molar-refractivity contribution in [3.63, 3.8) is 0 Å². The third-order valence-corrected chi connectivity index (χ3v) is 6.83. The van der Waals surface area contributed by atoms with Crippen molar-refractivity contribution in [1.82, 2.24) is 4.72 Å². The molecule has 4 nitrogen and oxygen atoms in total. The first-order valence-corrected chi connectivity index (χ1v) is 9.11. The van der Waals surface area contributed by atoms with Crippen LogP contribution >= 0.6 is 0 Å². The molecular formula is C16H23NO3S. The zero-order valence-corrected chi connectivity index (χ0v) is 13.4. The SMILES string of the molecule is Cc1ccc(S(=O)(=O)NC2C3CCC(C3)C2CO)c(C)c1. The van der Waals surface area contributed by atoms with Crippen LogP contribution < -0.4 is 4.72 Å². The van der Waals surface area contributed by atoms with E-state index in [4.69, 9.17) is 0 Å². The monoisotopic (exact) mass is 309 g/mol. The largest absolute Gasteiger partial charge is 0.396 e. The Kier molecular flexibility index (Phi) is 3.84. The number of hydrogen-bond acceptors (Lipinski definition) is 3. The lowest BCUT2D eigenvalue weighted by molar-refractivity contribution is 0.153. The standard InChI is InChI=1S/C16H23NO3S/c1-10-3-6-15(11(2)7-10)21(19,20)17-16-13-5-4-12(8-13)14(16)9-18/h3,6-7,12-14,16-18H,4-5,8-9H2,1-2H3. The Bertz CT molecular complexity index is 641. The topological polar surface area (TPSA) is 66.4 Å². The summed E-state index contributed by atoms with van der Waals surface area (Å²) < 4.78 is 28.2. The van der Waals surface area contributed by atoms with Gasteiger partial charge in [0.15, 0.2) is 0 Å². The van der Waals surface area contributed by atoms with Gasteiger partial charge in [0.2, 0.25) is 10.0 Å². The van der Waals surface area contributed by atoms with Crippen LogP contribution in [0, 0.1) is 31.6 Å². The quantitative estimate of drug-likeness (QED) is 0.894. The summed E-state index contributed by atoms with van der Waals surface area (Å²) in [4.78, 5) is 0.354. The van der Waals surface area contributed by atoms with Gasteiger partial charge < -0.3 is 5.11 Å². The van der Waals surface area contributed by atoms with Crippen molar-refractivity contribution in [2.45, 2.75) is 44.0 Å². The molecule has 4 unspecified atom stereocenters. The second-order valence-electron chi connectivity index (χ2n) is 6.60. The van der Waals surface area contributed by atoms with E-state index in [0.717, 1.165) is 30.4 Å². The lowest BCUT2D eigenvalue weighted by Gasteiger charge is -2.30. The summed E-state index contributed by atoms with van der Waals surface area (Å²) in [6.07, 6.45) is 3.24. The van der Waals surface area contributed by atoms with Gasteiger partial charge in [0, 0.05) is 18.6 Å². The number of sulfonamides is 1. The van der Waals surface area contributed by atoms with Crippen LogP contribution in [0.3, 0.4) is 0 Å². The van der Waals surface area contributed by atoms with Crippen molar-refractivity contribution in [3.8, 4) is 0 Å². The summed E-state index contributed by atoms with van der Waals surface area (Å²) in [6, 6.07) is 5.28. The summed E-state index contributed by atoms with van der Waals surface area (Å²) in [5.74, 6) is 0.934. The third kappa shape index (κ3) is 2.62. The van der Waals surface area contributed by atoms with Gasteiger partial charge in [-0.3, -0.25) is 0 Å². The van der Waals surface area contributed by atoms with Crippen LogP contribution in [0.5, 0.6) is 0 Å². The summed E-state index contributed by atoms with van der Waals surface area (Å²) in [6.45, 7) is 3.85. The minimum atomic E-state index is -3.52. The second-order valence-corrected chi connectivity index (χ2v) is 8.28. The van der Waals surface area contributed by atoms with E-state index in [0.29, 0.717) is 16.7 Å². The lowest BCUT2D eigenvalue weighted by atomic mass is 9.86. The summed E-state index contributed by atoms with van der Waals surface area (Å²) in [5, 5.41) is 9.58. The molecule has 116 valence electrons. The number of aliphatic hydroxyl groups is 1. The van der Waals surface area contributed by atoms with Crippen LogP contribution in [0.1, 0.15) is 30.4 Å². The molecule has 0 radical (unpaired) electrons. The summed E-state index contributed by atoms with van der Waals surface area (Å²) in [5.41, 5.74) is 1.82. The van der Waals surface area contributed by atoms with Gasteiger partial charge in [0.1, 0.15) is 0 Å². The molecule has 1 aromatic carbocycles. The minimum absolute atomic E-state index is 0.0707. The Balaban J connectivity index is 1.86. The molecule has 2 aliphatic carbocycles. The first-order chi connectivity index (χ1) is 9.92. The van der Waals surface area contributed by atoms with E-state index in [-0.39, 0.29) is 18.6 Å². The van der Waals surface area contributed by atoms with Gasteiger partial charge in [-0.15, -0.1) is 0 Å². The Morgan fingerprint density at radius 3 is 2.62 bits per heavy atom. The first kappa shape index (κ1) is 15.0. The van der Waals surface area contributed by atoms with Crippen molar-refractivity contribution in [3.05, 3.63) is 29.3 Å². The van der Waals surface area contributed by atoms with Crippen LogP contribution in [-0.4, -0.2) is 26.2 Å². The van der Waals surface area contributed by atoms with Gasteiger partial charge >= 0.3 is 0 Å². The summed E-state index contributed by atoms with van der Waals surface area (Å²) >= 11 is 0. The van der Waals surface area contributed by atoms with E-state index in [1.54, 1.807) is 6.07 Å². The highest BCUT2D eigenvalue weighted by atomic mass is 32.2. The molecule has 2 aliphatic rings. The fourth-order valence-corrected chi connectivity index (χ4v) is 5.78. The molecule has 0 amide bonds. The zero-order chi connectivity index (χ0) is 15.2. The molecule has 2 saturated carbocycles. The molecule has 0 spiro atoms. The van der Waals surface area contributed by atoms with E-state index in [2.05, 4.69) is 4.72 Å². The number of nitrogens with one attached hydrogen (secondary N) is 1. The number of rotatable bonds is 4. The first-order valence-electron chi connectivity index (χ1n) is 7.63. The van der Waals surface area contributed by atoms with Gasteiger partial charge in [0.25, 0.3) is 0 Å². The Hall–Kier alpha value is -0.910. The molecule has 2 fully saturated rings. The molecule has 0 aromatic heterocycles. The summed E-state index contributed by atoms with van der Waals surface area (Å²) in [7, 11) is -3.52. The average Bonchev–Trinajstić information content (AvgIpc) is 2.98. The molecule has 2 N–H and O–H groups in total. The maximum Gasteiger partial charge on any atom is 0.241 e. The Labute approximate surface area is 126 Å². The maximum atomic E-state index is 12.7. The van der Waals surface area contributed by atoms with Crippen molar-refractivity contribution in [2.75, 3.05) is 6.61 Å². The predicted octanol–water partition coefficient (Wildman–Crippen LogP) is 1.99. The van der Waals surface area contributed by atoms with Gasteiger partial charge in [-0.2, -0.15) is 0 Å². The number of aliphatic hydroxyl groups excluding tert-OH is 1. The van der Waals surface area contributed by atoms with Crippen LogP contribution in [0.4, 0.5) is 0 Å². The van der Waals surface area contributed by atoms with Gasteiger partial charge in [-0.1, -0.05) is 17.7 Å². The highest BCUT2D eigenvalue weighted by Gasteiger charge is 2.48. The van der Waals surface area contributed by atoms with Gasteiger partial charge in [-0.05, 0) is 56.6 Å². The van der Waals surface area contributed by atoms with Crippen molar-refractivity contribution < 1.29 is 13.5 Å². The zero-order valence-electron chi connectivity index (χ0n) is 12.5. The Morgan fingerprint density at radius 2 is 1.95 bits per heavy atom. The number of aryl methyl sites for hydroxylation is 2. The van der Waals surface area contributed by atoms with Crippen molar-refractivity contribution in [1.29, 1.82) is 0 Å². The van der Waals surface area contributed by atoms with E-state index >= 15 is 0 Å². The second kappa shape index (κ2) is 5.38. The van der Waals surface area contributed by atoms with Crippen molar-refractivity contribution in [2.24, 2.45) is 17.8 Å². The van der Waals surface area contributed by atoms with Crippen LogP contribution in [0.2, 0.25) is 0 Å².